The first kappa shape index (κ1) is 17.0. The Morgan fingerprint density at radius 2 is 1.95 bits per heavy atom. The number of carbonyl (C=O) groups is 1. The molecule has 0 radical (unpaired) electrons. The van der Waals surface area contributed by atoms with Gasteiger partial charge in [0.25, 0.3) is 0 Å². The van der Waals surface area contributed by atoms with Gasteiger partial charge in [-0.2, -0.15) is 0 Å². The minimum Gasteiger partial charge on any atom is -0.375 e. The second-order valence-electron chi connectivity index (χ2n) is 6.26. The lowest BCUT2D eigenvalue weighted by Crippen LogP contribution is -2.42. The first-order valence-corrected chi connectivity index (χ1v) is 8.18. The summed E-state index contributed by atoms with van der Waals surface area (Å²) in [5, 5.41) is 0. The fraction of sp³-hybridized carbons (Fsp3) is 0.611. The van der Waals surface area contributed by atoms with Crippen LogP contribution in [0.2, 0.25) is 0 Å². The molecule has 1 saturated heterocycles. The van der Waals surface area contributed by atoms with Gasteiger partial charge in [-0.25, -0.2) is 0 Å². The molecule has 0 aliphatic carbocycles. The molecule has 0 bridgehead atoms. The van der Waals surface area contributed by atoms with Crippen LogP contribution in [0.1, 0.15) is 18.4 Å². The van der Waals surface area contributed by atoms with E-state index in [0.29, 0.717) is 5.92 Å². The summed E-state index contributed by atoms with van der Waals surface area (Å²) in [6, 6.07) is 10.4. The summed E-state index contributed by atoms with van der Waals surface area (Å²) in [6.45, 7) is 4.09. The van der Waals surface area contributed by atoms with E-state index in [0.717, 1.165) is 32.6 Å². The number of likely N-dealkylation sites (tertiary alicyclic amines) is 1. The topological polar surface area (TPSA) is 32.8 Å². The molecule has 1 amide bonds. The molecule has 1 aromatic carbocycles. The molecule has 0 aromatic heterocycles. The molecule has 2 rings (SSSR count). The Balaban J connectivity index is 1.89. The van der Waals surface area contributed by atoms with Crippen molar-refractivity contribution in [2.24, 2.45) is 5.92 Å². The highest BCUT2D eigenvalue weighted by atomic mass is 16.5. The average molecular weight is 304 g/mol. The highest BCUT2D eigenvalue weighted by Crippen LogP contribution is 2.17. The maximum atomic E-state index is 12.3. The lowest BCUT2D eigenvalue weighted by atomic mass is 9.96. The van der Waals surface area contributed by atoms with Crippen molar-refractivity contribution in [2.75, 3.05) is 46.9 Å². The minimum absolute atomic E-state index is 0.109. The maximum Gasteiger partial charge on any atom is 0.248 e. The van der Waals surface area contributed by atoms with E-state index >= 15 is 0 Å². The van der Waals surface area contributed by atoms with Gasteiger partial charge in [0, 0.05) is 20.2 Å². The number of nitrogens with zero attached hydrogens (tertiary/aromatic N) is 2. The molecule has 1 aliphatic heterocycles. The van der Waals surface area contributed by atoms with E-state index < -0.39 is 0 Å². The monoisotopic (exact) mass is 304 g/mol. The number of piperidine rings is 1. The first-order chi connectivity index (χ1) is 10.7. The Morgan fingerprint density at radius 3 is 2.59 bits per heavy atom. The summed E-state index contributed by atoms with van der Waals surface area (Å²) in [7, 11) is 3.75. The summed E-state index contributed by atoms with van der Waals surface area (Å²) in [6.07, 6.45) is 3.26. The zero-order valence-electron chi connectivity index (χ0n) is 13.8. The van der Waals surface area contributed by atoms with Gasteiger partial charge in [0.05, 0.1) is 0 Å². The quantitative estimate of drug-likeness (QED) is 0.773. The number of methoxy groups -OCH3 is 1. The molecule has 1 aliphatic rings. The molecule has 22 heavy (non-hydrogen) atoms. The SMILES string of the molecule is COCC(=O)N(CCc1ccccc1)CC1CCN(C)CC1. The van der Waals surface area contributed by atoms with Crippen LogP contribution < -0.4 is 0 Å². The van der Waals surface area contributed by atoms with Gasteiger partial charge in [0.2, 0.25) is 5.91 Å². The van der Waals surface area contributed by atoms with Gasteiger partial charge in [-0.05, 0) is 50.9 Å². The predicted molar refractivity (Wildman–Crippen MR) is 88.8 cm³/mol. The number of hydrogen-bond acceptors (Lipinski definition) is 3. The fourth-order valence-corrected chi connectivity index (χ4v) is 3.00. The van der Waals surface area contributed by atoms with Gasteiger partial charge in [0.15, 0.2) is 0 Å². The van der Waals surface area contributed by atoms with E-state index in [9.17, 15) is 4.79 Å². The zero-order chi connectivity index (χ0) is 15.8. The van der Waals surface area contributed by atoms with Crippen LogP contribution in [0.5, 0.6) is 0 Å². The number of rotatable bonds is 7. The van der Waals surface area contributed by atoms with Crippen LogP contribution in [0.25, 0.3) is 0 Å². The van der Waals surface area contributed by atoms with Gasteiger partial charge < -0.3 is 14.5 Å². The summed E-state index contributed by atoms with van der Waals surface area (Å²) >= 11 is 0. The normalized spacial score (nSPS) is 16.6. The molecular formula is C18H28N2O2. The van der Waals surface area contributed by atoms with Crippen molar-refractivity contribution in [2.45, 2.75) is 19.3 Å². The van der Waals surface area contributed by atoms with E-state index in [2.05, 4.69) is 24.1 Å². The van der Waals surface area contributed by atoms with Crippen LogP contribution in [0.4, 0.5) is 0 Å². The Bertz CT molecular complexity index is 442. The summed E-state index contributed by atoms with van der Waals surface area (Å²) in [5.41, 5.74) is 1.28. The molecule has 0 saturated carbocycles. The average Bonchev–Trinajstić information content (AvgIpc) is 2.54. The van der Waals surface area contributed by atoms with Crippen LogP contribution in [0, 0.1) is 5.92 Å². The molecule has 1 aromatic rings. The van der Waals surface area contributed by atoms with Gasteiger partial charge >= 0.3 is 0 Å². The third-order valence-electron chi connectivity index (χ3n) is 4.45. The van der Waals surface area contributed by atoms with Crippen molar-refractivity contribution < 1.29 is 9.53 Å². The third-order valence-corrected chi connectivity index (χ3v) is 4.45. The molecule has 0 unspecified atom stereocenters. The zero-order valence-corrected chi connectivity index (χ0v) is 13.8. The van der Waals surface area contributed by atoms with Crippen LogP contribution in [-0.4, -0.2) is 62.7 Å². The number of benzene rings is 1. The minimum atomic E-state index is 0.109. The highest BCUT2D eigenvalue weighted by Gasteiger charge is 2.22. The number of carbonyl (C=O) groups excluding carboxylic acids is 1. The van der Waals surface area contributed by atoms with E-state index in [1.54, 1.807) is 7.11 Å². The smallest absolute Gasteiger partial charge is 0.248 e. The van der Waals surface area contributed by atoms with E-state index in [-0.39, 0.29) is 12.5 Å². The molecule has 4 nitrogen and oxygen atoms in total. The lowest BCUT2D eigenvalue weighted by Gasteiger charge is -2.33. The summed E-state index contributed by atoms with van der Waals surface area (Å²) < 4.78 is 5.04. The lowest BCUT2D eigenvalue weighted by molar-refractivity contribution is -0.136. The van der Waals surface area contributed by atoms with Crippen molar-refractivity contribution in [3.8, 4) is 0 Å². The van der Waals surface area contributed by atoms with E-state index in [4.69, 9.17) is 4.74 Å². The van der Waals surface area contributed by atoms with Gasteiger partial charge in [-0.1, -0.05) is 30.3 Å². The molecule has 122 valence electrons. The first-order valence-electron chi connectivity index (χ1n) is 8.18. The van der Waals surface area contributed by atoms with Gasteiger partial charge in [-0.3, -0.25) is 4.79 Å². The highest BCUT2D eigenvalue weighted by molar-refractivity contribution is 5.77. The maximum absolute atomic E-state index is 12.3. The van der Waals surface area contributed by atoms with Gasteiger partial charge in [0.1, 0.15) is 6.61 Å². The molecular weight excluding hydrogens is 276 g/mol. The molecule has 0 N–H and O–H groups in total. The summed E-state index contributed by atoms with van der Waals surface area (Å²) in [5.74, 6) is 0.727. The van der Waals surface area contributed by atoms with Crippen molar-refractivity contribution >= 4 is 5.91 Å². The second kappa shape index (κ2) is 8.91. The number of hydrogen-bond donors (Lipinski definition) is 0. The van der Waals surface area contributed by atoms with E-state index in [1.165, 1.54) is 18.4 Å². The Morgan fingerprint density at radius 1 is 1.27 bits per heavy atom. The van der Waals surface area contributed by atoms with Crippen molar-refractivity contribution in [3.63, 3.8) is 0 Å². The predicted octanol–water partition coefficient (Wildman–Crippen LogP) is 2.05. The van der Waals surface area contributed by atoms with Crippen molar-refractivity contribution in [1.29, 1.82) is 0 Å². The second-order valence-corrected chi connectivity index (χ2v) is 6.26. The fourth-order valence-electron chi connectivity index (χ4n) is 3.00. The largest absolute Gasteiger partial charge is 0.375 e. The Hall–Kier alpha value is -1.39. The molecule has 0 spiro atoms. The van der Waals surface area contributed by atoms with Gasteiger partial charge in [-0.15, -0.1) is 0 Å². The molecule has 4 heteroatoms. The Kier molecular flexibility index (Phi) is 6.87. The van der Waals surface area contributed by atoms with Crippen LogP contribution in [0.3, 0.4) is 0 Å². The molecule has 1 heterocycles. The number of amides is 1. The standard InChI is InChI=1S/C18H28N2O2/c1-19-11-8-17(9-12-19)14-20(18(21)15-22-2)13-10-16-6-4-3-5-7-16/h3-7,17H,8-15H2,1-2H3. The van der Waals surface area contributed by atoms with Crippen LogP contribution >= 0.6 is 0 Å². The summed E-state index contributed by atoms with van der Waals surface area (Å²) in [4.78, 5) is 16.6. The van der Waals surface area contributed by atoms with Crippen LogP contribution in [0.15, 0.2) is 30.3 Å². The van der Waals surface area contributed by atoms with Crippen LogP contribution in [-0.2, 0) is 16.0 Å². The van der Waals surface area contributed by atoms with Crippen molar-refractivity contribution in [3.05, 3.63) is 35.9 Å². The Labute approximate surface area is 134 Å². The third kappa shape index (κ3) is 5.43. The number of ether oxygens (including phenoxy) is 1. The van der Waals surface area contributed by atoms with E-state index in [1.807, 2.05) is 23.1 Å². The molecule has 1 fully saturated rings. The molecule has 0 atom stereocenters. The van der Waals surface area contributed by atoms with Crippen molar-refractivity contribution in [1.82, 2.24) is 9.80 Å².